The predicted octanol–water partition coefficient (Wildman–Crippen LogP) is 13.8. The van der Waals surface area contributed by atoms with Gasteiger partial charge in [0.15, 0.2) is 0 Å². The van der Waals surface area contributed by atoms with Crippen LogP contribution in [0.5, 0.6) is 0 Å². The monoisotopic (exact) mass is 743 g/mol. The summed E-state index contributed by atoms with van der Waals surface area (Å²) in [5.74, 6) is 1.04. The van der Waals surface area contributed by atoms with Crippen molar-refractivity contribution in [2.24, 2.45) is 5.92 Å². The van der Waals surface area contributed by atoms with E-state index in [4.69, 9.17) is 5.41 Å². The van der Waals surface area contributed by atoms with Crippen LogP contribution in [0.4, 0.5) is 0 Å². The third kappa shape index (κ3) is 5.26. The van der Waals surface area contributed by atoms with E-state index in [0.29, 0.717) is 17.5 Å². The molecule has 3 heterocycles. The summed E-state index contributed by atoms with van der Waals surface area (Å²) in [7, 11) is 0. The van der Waals surface area contributed by atoms with Crippen LogP contribution < -0.4 is 0 Å². The Kier molecular flexibility index (Phi) is 7.76. The van der Waals surface area contributed by atoms with Crippen LogP contribution in [0.1, 0.15) is 79.2 Å². The Hall–Kier alpha value is -5.71. The molecule has 5 aliphatic rings. The van der Waals surface area contributed by atoms with E-state index in [1.54, 1.807) is 0 Å². The van der Waals surface area contributed by atoms with E-state index in [-0.39, 0.29) is 12.2 Å². The zero-order chi connectivity index (χ0) is 37.7. The molecule has 4 heteroatoms. The lowest BCUT2D eigenvalue weighted by Crippen LogP contribution is -2.14. The number of benzene rings is 4. The fraction of sp³-hybridized carbons (Fsp3) is 0.212. The fourth-order valence-electron chi connectivity index (χ4n) is 10.0. The second-order valence-corrected chi connectivity index (χ2v) is 17.6. The normalized spacial score (nSPS) is 23.5. The van der Waals surface area contributed by atoms with Crippen molar-refractivity contribution in [3.8, 4) is 11.1 Å². The Morgan fingerprint density at radius 2 is 1.57 bits per heavy atom. The zero-order valence-corrected chi connectivity index (χ0v) is 33.0. The SMILES string of the molecule is CC1C=Cc2c(sc3ccc(-c4ccc5c(c4)c4c6c(ccc4n5C4C(C)N4/C(C4=CC=C(c5ccccc5)CC4)=C4/C=CC=CC4=N)C=CCC6C)cc23)C1. The van der Waals surface area contributed by atoms with Crippen molar-refractivity contribution in [2.45, 2.75) is 64.6 Å². The van der Waals surface area contributed by atoms with Crippen molar-refractivity contribution in [1.82, 2.24) is 9.47 Å². The molecule has 2 aromatic heterocycles. The van der Waals surface area contributed by atoms with Crippen LogP contribution in [0, 0.1) is 11.3 Å². The molecule has 1 N–H and O–H groups in total. The van der Waals surface area contributed by atoms with Gasteiger partial charge in [0.1, 0.15) is 6.17 Å². The quantitative estimate of drug-likeness (QED) is 0.175. The van der Waals surface area contributed by atoms with Crippen LogP contribution in [-0.2, 0) is 6.42 Å². The lowest BCUT2D eigenvalue weighted by molar-refractivity contribution is 0.548. The maximum atomic E-state index is 9.11. The average Bonchev–Trinajstić information content (AvgIpc) is 3.55. The van der Waals surface area contributed by atoms with Crippen LogP contribution in [0.25, 0.3) is 60.7 Å². The van der Waals surface area contributed by atoms with Crippen LogP contribution in [0.15, 0.2) is 144 Å². The lowest BCUT2D eigenvalue weighted by atomic mass is 9.85. The van der Waals surface area contributed by atoms with Gasteiger partial charge in [0.2, 0.25) is 0 Å². The molecule has 4 aliphatic carbocycles. The molecule has 0 amide bonds. The molecule has 0 saturated carbocycles. The number of rotatable bonds is 5. The van der Waals surface area contributed by atoms with Gasteiger partial charge in [-0.05, 0) is 125 Å². The van der Waals surface area contributed by atoms with Gasteiger partial charge < -0.3 is 14.9 Å². The Bertz CT molecular complexity index is 2880. The topological polar surface area (TPSA) is 31.8 Å². The van der Waals surface area contributed by atoms with Crippen molar-refractivity contribution in [2.75, 3.05) is 0 Å². The molecule has 1 aliphatic heterocycles. The number of nitrogens with zero attached hydrogens (tertiary/aromatic N) is 2. The summed E-state index contributed by atoms with van der Waals surface area (Å²) in [6.07, 6.45) is 26.5. The summed E-state index contributed by atoms with van der Waals surface area (Å²) in [5.41, 5.74) is 16.2. The van der Waals surface area contributed by atoms with Gasteiger partial charge in [0.05, 0.1) is 28.5 Å². The molecule has 3 nitrogen and oxygen atoms in total. The molecule has 11 rings (SSSR count). The first-order chi connectivity index (χ1) is 27.4. The van der Waals surface area contributed by atoms with Crippen LogP contribution in [-0.4, -0.2) is 21.2 Å². The standard InChI is InChI=1S/C52H45N3S/c1-31-16-24-40-42-29-39(23-27-47(42)56-48(40)28-31)38-22-25-45-43(30-38)50-46(26-21-36-13-9-10-32(2)49(36)50)55(45)52-33(3)54(52)51(41-14-7-8-15-44(41)53)37-19-17-35(18-20-37)34-11-5-4-6-12-34/h4-9,11-17,19,21-27,29-33,52-53H,10,18,20,28H2,1-3H3/b51-41-,53-44?. The van der Waals surface area contributed by atoms with Crippen molar-refractivity contribution in [3.05, 3.63) is 171 Å². The summed E-state index contributed by atoms with van der Waals surface area (Å²) in [4.78, 5) is 4.11. The van der Waals surface area contributed by atoms with Crippen molar-refractivity contribution in [3.63, 3.8) is 0 Å². The Labute approximate surface area is 333 Å². The summed E-state index contributed by atoms with van der Waals surface area (Å²) in [5, 5.41) is 13.2. The van der Waals surface area contributed by atoms with Crippen LogP contribution in [0.3, 0.4) is 0 Å². The highest BCUT2D eigenvalue weighted by molar-refractivity contribution is 7.19. The number of fused-ring (bicyclic) bond motifs is 8. The van der Waals surface area contributed by atoms with Crippen molar-refractivity contribution < 1.29 is 0 Å². The van der Waals surface area contributed by atoms with E-state index < -0.39 is 0 Å². The second-order valence-electron chi connectivity index (χ2n) is 16.5. The third-order valence-electron chi connectivity index (χ3n) is 12.9. The van der Waals surface area contributed by atoms with Gasteiger partial charge in [-0.15, -0.1) is 11.3 Å². The van der Waals surface area contributed by atoms with E-state index in [0.717, 1.165) is 31.3 Å². The molecule has 0 spiro atoms. The molecule has 0 bridgehead atoms. The molecule has 1 saturated heterocycles. The van der Waals surface area contributed by atoms with Gasteiger partial charge in [-0.2, -0.15) is 0 Å². The van der Waals surface area contributed by atoms with Crippen molar-refractivity contribution >= 4 is 66.7 Å². The number of nitrogens with one attached hydrogen (secondary N) is 1. The molecular weight excluding hydrogens is 699 g/mol. The van der Waals surface area contributed by atoms with Gasteiger partial charge in [-0.25, -0.2) is 0 Å². The number of aromatic nitrogens is 1. The maximum Gasteiger partial charge on any atom is 0.127 e. The molecule has 0 radical (unpaired) electrons. The lowest BCUT2D eigenvalue weighted by Gasteiger charge is -2.23. The largest absolute Gasteiger partial charge is 0.342 e. The van der Waals surface area contributed by atoms with E-state index in [1.807, 2.05) is 23.5 Å². The summed E-state index contributed by atoms with van der Waals surface area (Å²) < 4.78 is 4.02. The third-order valence-corrected chi connectivity index (χ3v) is 14.1. The van der Waals surface area contributed by atoms with Gasteiger partial charge in [-0.3, -0.25) is 0 Å². The molecule has 4 unspecified atom stereocenters. The minimum absolute atomic E-state index is 0.131. The Morgan fingerprint density at radius 3 is 2.39 bits per heavy atom. The van der Waals surface area contributed by atoms with E-state index >= 15 is 0 Å². The van der Waals surface area contributed by atoms with E-state index in [2.05, 4.69) is 158 Å². The molecule has 4 aromatic carbocycles. The summed E-state index contributed by atoms with van der Waals surface area (Å²) in [6.45, 7) is 7.08. The Morgan fingerprint density at radius 1 is 0.768 bits per heavy atom. The van der Waals surface area contributed by atoms with Gasteiger partial charge in [0.25, 0.3) is 0 Å². The molecule has 4 atom stereocenters. The maximum absolute atomic E-state index is 9.11. The number of hydrogen-bond donors (Lipinski definition) is 1. The minimum Gasteiger partial charge on any atom is -0.342 e. The second kappa shape index (κ2) is 12.9. The highest BCUT2D eigenvalue weighted by Crippen LogP contribution is 2.52. The number of allylic oxidation sites excluding steroid dienone is 11. The Balaban J connectivity index is 1.07. The molecule has 1 fully saturated rings. The highest BCUT2D eigenvalue weighted by atomic mass is 32.1. The molecular formula is C52H45N3S. The van der Waals surface area contributed by atoms with E-state index in [1.165, 1.54) is 87.0 Å². The van der Waals surface area contributed by atoms with Gasteiger partial charge in [-0.1, -0.05) is 117 Å². The van der Waals surface area contributed by atoms with Crippen molar-refractivity contribution in [1.29, 1.82) is 5.41 Å². The van der Waals surface area contributed by atoms with E-state index in [9.17, 15) is 0 Å². The molecule has 6 aromatic rings. The average molecular weight is 744 g/mol. The van der Waals surface area contributed by atoms with Crippen LogP contribution in [0.2, 0.25) is 0 Å². The minimum atomic E-state index is 0.131. The fourth-order valence-corrected chi connectivity index (χ4v) is 11.4. The number of thiophene rings is 1. The predicted molar refractivity (Wildman–Crippen MR) is 239 cm³/mol. The smallest absolute Gasteiger partial charge is 0.127 e. The molecule has 56 heavy (non-hydrogen) atoms. The molecule has 274 valence electrons. The first-order valence-electron chi connectivity index (χ1n) is 20.4. The first kappa shape index (κ1) is 33.6. The summed E-state index contributed by atoms with van der Waals surface area (Å²) in [6, 6.07) is 30.1. The zero-order valence-electron chi connectivity index (χ0n) is 32.2. The van der Waals surface area contributed by atoms with Gasteiger partial charge in [0, 0.05) is 31.3 Å². The van der Waals surface area contributed by atoms with Crippen LogP contribution >= 0.6 is 11.3 Å². The highest BCUT2D eigenvalue weighted by Gasteiger charge is 2.49. The number of hydrogen-bond acceptors (Lipinski definition) is 3. The van der Waals surface area contributed by atoms with Gasteiger partial charge >= 0.3 is 0 Å². The first-order valence-corrected chi connectivity index (χ1v) is 21.2. The summed E-state index contributed by atoms with van der Waals surface area (Å²) >= 11 is 1.97.